The fourth-order valence-corrected chi connectivity index (χ4v) is 2.12. The highest BCUT2D eigenvalue weighted by Gasteiger charge is 2.09. The van der Waals surface area contributed by atoms with Crippen molar-refractivity contribution in [2.45, 2.75) is 46.0 Å². The van der Waals surface area contributed by atoms with E-state index in [4.69, 9.17) is 0 Å². The first-order chi connectivity index (χ1) is 8.88. The molecule has 1 nitrogen and oxygen atoms in total. The molecule has 0 spiro atoms. The van der Waals surface area contributed by atoms with Gasteiger partial charge in [-0.05, 0) is 44.7 Å². The largest absolute Gasteiger partial charge is 0.372 e. The molecular weight excluding hydrogens is 218 g/mol. The van der Waals surface area contributed by atoms with Crippen molar-refractivity contribution in [3.63, 3.8) is 0 Å². The molecule has 2 rings (SSSR count). The van der Waals surface area contributed by atoms with Gasteiger partial charge < -0.3 is 4.90 Å². The van der Waals surface area contributed by atoms with Crippen LogP contribution in [0.2, 0.25) is 0 Å². The van der Waals surface area contributed by atoms with Gasteiger partial charge in [0.1, 0.15) is 0 Å². The summed E-state index contributed by atoms with van der Waals surface area (Å²) >= 11 is 0. The number of hydrogen-bond acceptors (Lipinski definition) is 1. The van der Waals surface area contributed by atoms with Crippen molar-refractivity contribution in [1.82, 2.24) is 0 Å². The van der Waals surface area contributed by atoms with E-state index in [-0.39, 0.29) is 0 Å². The number of allylic oxidation sites excluding steroid dienone is 2. The van der Waals surface area contributed by atoms with Crippen molar-refractivity contribution < 1.29 is 0 Å². The molecular formula is C17H27N. The van der Waals surface area contributed by atoms with Crippen LogP contribution in [0.4, 0.5) is 5.69 Å². The lowest BCUT2D eigenvalue weighted by Crippen LogP contribution is -2.29. The lowest BCUT2D eigenvalue weighted by atomic mass is 10.1. The molecule has 0 saturated carbocycles. The molecule has 18 heavy (non-hydrogen) atoms. The third-order valence-electron chi connectivity index (χ3n) is 3.17. The molecule has 100 valence electrons. The summed E-state index contributed by atoms with van der Waals surface area (Å²) in [6.45, 7) is 6.71. The topological polar surface area (TPSA) is 3.24 Å². The van der Waals surface area contributed by atoms with Gasteiger partial charge in [-0.1, -0.05) is 43.7 Å². The molecule has 1 aromatic carbocycles. The van der Waals surface area contributed by atoms with E-state index in [2.05, 4.69) is 61.2 Å². The van der Waals surface area contributed by atoms with Gasteiger partial charge in [-0.3, -0.25) is 0 Å². The van der Waals surface area contributed by atoms with Crippen LogP contribution >= 0.6 is 0 Å². The maximum absolute atomic E-state index is 2.48. The number of anilines is 1. The molecule has 1 aliphatic rings. The zero-order valence-corrected chi connectivity index (χ0v) is 11.9. The van der Waals surface area contributed by atoms with Crippen LogP contribution in [0.15, 0.2) is 42.5 Å². The molecule has 1 saturated heterocycles. The highest BCUT2D eigenvalue weighted by atomic mass is 15.1. The predicted molar refractivity (Wildman–Crippen MR) is 82.2 cm³/mol. The van der Waals surface area contributed by atoms with Gasteiger partial charge in [0.15, 0.2) is 0 Å². The number of piperidine rings is 1. The minimum absolute atomic E-state index is 1.23. The Morgan fingerprint density at radius 1 is 1.06 bits per heavy atom. The normalized spacial score (nSPS) is 15.3. The zero-order valence-electron chi connectivity index (χ0n) is 11.9. The van der Waals surface area contributed by atoms with Crippen LogP contribution in [0, 0.1) is 0 Å². The van der Waals surface area contributed by atoms with E-state index >= 15 is 0 Å². The Kier molecular flexibility index (Phi) is 8.03. The smallest absolute Gasteiger partial charge is 0.0366 e. The fraction of sp³-hybridized carbons (Fsp3) is 0.529. The van der Waals surface area contributed by atoms with Crippen LogP contribution in [0.1, 0.15) is 46.0 Å². The van der Waals surface area contributed by atoms with Gasteiger partial charge in [-0.25, -0.2) is 0 Å². The van der Waals surface area contributed by atoms with E-state index in [9.17, 15) is 0 Å². The maximum atomic E-state index is 2.48. The lowest BCUT2D eigenvalue weighted by molar-refractivity contribution is 0.578. The second-order valence-electron chi connectivity index (χ2n) is 4.74. The van der Waals surface area contributed by atoms with Crippen LogP contribution in [0.25, 0.3) is 0 Å². The molecule has 0 aliphatic carbocycles. The van der Waals surface area contributed by atoms with Crippen molar-refractivity contribution in [3.05, 3.63) is 42.5 Å². The summed E-state index contributed by atoms with van der Waals surface area (Å²) in [7, 11) is 0. The van der Waals surface area contributed by atoms with Gasteiger partial charge in [0.05, 0.1) is 0 Å². The Morgan fingerprint density at radius 2 is 1.72 bits per heavy atom. The summed E-state index contributed by atoms with van der Waals surface area (Å²) < 4.78 is 0. The molecule has 0 amide bonds. The number of nitrogens with zero attached hydrogens (tertiary/aromatic N) is 1. The zero-order chi connectivity index (χ0) is 13.1. The Morgan fingerprint density at radius 3 is 2.22 bits per heavy atom. The van der Waals surface area contributed by atoms with Crippen molar-refractivity contribution in [1.29, 1.82) is 0 Å². The molecule has 1 heterocycles. The number of benzene rings is 1. The molecule has 0 N–H and O–H groups in total. The third-order valence-corrected chi connectivity index (χ3v) is 3.17. The standard InChI is InChI=1S/C11H15N.C6H12/c1-3-7-11(8-4-1)12-9-5-2-6-10-12;1-3-5-6-4-2/h1,3-4,7-8H,2,5-6,9-10H2;3,5H,4,6H2,1-2H3. The van der Waals surface area contributed by atoms with Gasteiger partial charge in [-0.2, -0.15) is 0 Å². The first-order valence-electron chi connectivity index (χ1n) is 7.29. The average molecular weight is 245 g/mol. The Balaban J connectivity index is 0.000000232. The second kappa shape index (κ2) is 9.76. The first-order valence-corrected chi connectivity index (χ1v) is 7.29. The van der Waals surface area contributed by atoms with Crippen molar-refractivity contribution in [3.8, 4) is 0 Å². The van der Waals surface area contributed by atoms with Crippen molar-refractivity contribution >= 4 is 5.69 Å². The molecule has 1 fully saturated rings. The van der Waals surface area contributed by atoms with Crippen molar-refractivity contribution in [2.24, 2.45) is 0 Å². The molecule has 1 aliphatic heterocycles. The summed E-state index contributed by atoms with van der Waals surface area (Å²) in [6, 6.07) is 10.7. The van der Waals surface area contributed by atoms with E-state index in [0.29, 0.717) is 0 Å². The Labute approximate surface area is 113 Å². The molecule has 0 aromatic heterocycles. The van der Waals surface area contributed by atoms with Crippen LogP contribution < -0.4 is 4.90 Å². The summed E-state index contributed by atoms with van der Waals surface area (Å²) in [5.74, 6) is 0. The van der Waals surface area contributed by atoms with Crippen LogP contribution in [0.5, 0.6) is 0 Å². The van der Waals surface area contributed by atoms with E-state index in [1.54, 1.807) is 0 Å². The summed E-state index contributed by atoms with van der Waals surface area (Å²) in [4.78, 5) is 2.48. The number of hydrogen-bond donors (Lipinski definition) is 0. The maximum Gasteiger partial charge on any atom is 0.0366 e. The van der Waals surface area contributed by atoms with Crippen LogP contribution in [-0.4, -0.2) is 13.1 Å². The fourth-order valence-electron chi connectivity index (χ4n) is 2.12. The Hall–Kier alpha value is -1.24. The minimum Gasteiger partial charge on any atom is -0.372 e. The van der Waals surface area contributed by atoms with Gasteiger partial charge in [0.2, 0.25) is 0 Å². The van der Waals surface area contributed by atoms with Gasteiger partial charge >= 0.3 is 0 Å². The summed E-state index contributed by atoms with van der Waals surface area (Å²) in [5.41, 5.74) is 1.39. The SMILES string of the molecule is CC=CCCC.c1ccc(N2CCCCC2)cc1. The third kappa shape index (κ3) is 5.90. The molecule has 1 heteroatoms. The first kappa shape index (κ1) is 14.8. The molecule has 1 aromatic rings. The van der Waals surface area contributed by atoms with E-state index in [1.807, 2.05) is 0 Å². The quantitative estimate of drug-likeness (QED) is 0.674. The van der Waals surface area contributed by atoms with E-state index in [1.165, 1.54) is 50.9 Å². The monoisotopic (exact) mass is 245 g/mol. The molecule has 0 bridgehead atoms. The van der Waals surface area contributed by atoms with E-state index < -0.39 is 0 Å². The van der Waals surface area contributed by atoms with Gasteiger partial charge in [-0.15, -0.1) is 0 Å². The number of para-hydroxylation sites is 1. The summed E-state index contributed by atoms with van der Waals surface area (Å²) in [6.07, 6.45) is 10.9. The number of unbranched alkanes of at least 4 members (excludes halogenated alkanes) is 1. The number of rotatable bonds is 3. The van der Waals surface area contributed by atoms with Crippen LogP contribution in [0.3, 0.4) is 0 Å². The average Bonchev–Trinajstić information content (AvgIpc) is 2.48. The van der Waals surface area contributed by atoms with E-state index in [0.717, 1.165) is 0 Å². The minimum atomic E-state index is 1.23. The van der Waals surface area contributed by atoms with Crippen molar-refractivity contribution in [2.75, 3.05) is 18.0 Å². The predicted octanol–water partition coefficient (Wildman–Crippen LogP) is 5.04. The molecule has 0 radical (unpaired) electrons. The summed E-state index contributed by atoms with van der Waals surface area (Å²) in [5, 5.41) is 0. The molecule has 0 unspecified atom stereocenters. The highest BCUT2D eigenvalue weighted by Crippen LogP contribution is 2.18. The van der Waals surface area contributed by atoms with Gasteiger partial charge in [0, 0.05) is 18.8 Å². The second-order valence-corrected chi connectivity index (χ2v) is 4.74. The molecule has 0 atom stereocenters. The van der Waals surface area contributed by atoms with Crippen LogP contribution in [-0.2, 0) is 0 Å². The lowest BCUT2D eigenvalue weighted by Gasteiger charge is -2.28. The van der Waals surface area contributed by atoms with Gasteiger partial charge in [0.25, 0.3) is 0 Å². The Bertz CT molecular complexity index is 310. The highest BCUT2D eigenvalue weighted by molar-refractivity contribution is 5.46.